The minimum absolute atomic E-state index is 0.104. The second kappa shape index (κ2) is 8.51. The number of hydrogen-bond acceptors (Lipinski definition) is 6. The highest BCUT2D eigenvalue weighted by molar-refractivity contribution is 5.68. The zero-order chi connectivity index (χ0) is 19.4. The molecule has 0 saturated carbocycles. The second-order valence-corrected chi connectivity index (χ2v) is 8.11. The second-order valence-electron chi connectivity index (χ2n) is 8.11. The number of nitrogens with one attached hydrogen (secondary N) is 1. The van der Waals surface area contributed by atoms with Crippen molar-refractivity contribution in [3.05, 3.63) is 16.4 Å². The normalized spacial score (nSPS) is 14.6. The molecule has 1 rings (SSSR count). The maximum absolute atomic E-state index is 12.0. The summed E-state index contributed by atoms with van der Waals surface area (Å²) in [6.45, 7) is 13.5. The summed E-state index contributed by atoms with van der Waals surface area (Å²) in [7, 11) is 0. The fraction of sp³-hybridized carbons (Fsp3) is 0.824. The van der Waals surface area contributed by atoms with Crippen molar-refractivity contribution in [1.29, 1.82) is 0 Å². The number of carbonyl (C=O) groups excluding carboxylic acids is 1. The van der Waals surface area contributed by atoms with Crippen molar-refractivity contribution in [1.82, 2.24) is 15.1 Å². The van der Waals surface area contributed by atoms with Crippen LogP contribution in [0, 0.1) is 11.8 Å². The molecular weight excluding hydrogens is 326 g/mol. The summed E-state index contributed by atoms with van der Waals surface area (Å²) in [5, 5.41) is 17.3. The van der Waals surface area contributed by atoms with Gasteiger partial charge in [-0.15, -0.1) is 5.10 Å². The van der Waals surface area contributed by atoms with Gasteiger partial charge < -0.3 is 19.6 Å². The van der Waals surface area contributed by atoms with E-state index < -0.39 is 29.6 Å². The first-order chi connectivity index (χ1) is 11.4. The summed E-state index contributed by atoms with van der Waals surface area (Å²) in [6.07, 6.45) is -1.40. The minimum atomic E-state index is -1.24. The zero-order valence-electron chi connectivity index (χ0n) is 16.2. The van der Waals surface area contributed by atoms with Gasteiger partial charge in [-0.05, 0) is 39.0 Å². The van der Waals surface area contributed by atoms with E-state index in [9.17, 15) is 14.7 Å². The van der Waals surface area contributed by atoms with Crippen molar-refractivity contribution in [2.45, 2.75) is 79.2 Å². The van der Waals surface area contributed by atoms with Crippen LogP contribution in [-0.4, -0.2) is 32.6 Å². The van der Waals surface area contributed by atoms with Gasteiger partial charge in [0.15, 0.2) is 6.10 Å². The van der Waals surface area contributed by atoms with Gasteiger partial charge in [-0.1, -0.05) is 27.7 Å². The van der Waals surface area contributed by atoms with E-state index in [1.807, 2.05) is 27.7 Å². The van der Waals surface area contributed by atoms with E-state index >= 15 is 0 Å². The van der Waals surface area contributed by atoms with Crippen molar-refractivity contribution < 1.29 is 19.1 Å². The number of amides is 1. The van der Waals surface area contributed by atoms with Gasteiger partial charge in [0.25, 0.3) is 0 Å². The number of nitrogens with zero attached hydrogens (tertiary/aromatic N) is 2. The maximum Gasteiger partial charge on any atom is 0.437 e. The van der Waals surface area contributed by atoms with E-state index in [1.54, 1.807) is 20.8 Å². The van der Waals surface area contributed by atoms with E-state index in [1.165, 1.54) is 4.68 Å². The summed E-state index contributed by atoms with van der Waals surface area (Å²) in [4.78, 5) is 23.9. The number of aliphatic hydroxyl groups excluding tert-OH is 1. The largest absolute Gasteiger partial charge is 0.444 e. The number of carbonyl (C=O) groups is 1. The van der Waals surface area contributed by atoms with Gasteiger partial charge in [-0.25, -0.2) is 9.59 Å². The molecule has 8 heteroatoms. The SMILES string of the molecule is CC(C)C[C@H](NC(=O)OC(C)(C)C)C(O)c1nn(CC(C)C)c(=O)o1. The molecule has 144 valence electrons. The first-order valence-electron chi connectivity index (χ1n) is 8.64. The Balaban J connectivity index is 2.94. The third kappa shape index (κ3) is 7.29. The molecule has 1 heterocycles. The smallest absolute Gasteiger partial charge is 0.437 e. The van der Waals surface area contributed by atoms with Gasteiger partial charge in [0.2, 0.25) is 5.89 Å². The molecule has 1 unspecified atom stereocenters. The number of aromatic nitrogens is 2. The van der Waals surface area contributed by atoms with Gasteiger partial charge in [0.1, 0.15) is 5.60 Å². The summed E-state index contributed by atoms with van der Waals surface area (Å²) >= 11 is 0. The van der Waals surface area contributed by atoms with Crippen LogP contribution in [0.25, 0.3) is 0 Å². The summed E-state index contributed by atoms with van der Waals surface area (Å²) in [5.41, 5.74) is -0.650. The van der Waals surface area contributed by atoms with Crippen LogP contribution in [0.15, 0.2) is 9.21 Å². The molecule has 0 saturated heterocycles. The van der Waals surface area contributed by atoms with Crippen molar-refractivity contribution in [3.63, 3.8) is 0 Å². The number of hydrogen-bond donors (Lipinski definition) is 2. The first kappa shape index (κ1) is 21.2. The van der Waals surface area contributed by atoms with E-state index in [0.717, 1.165) is 0 Å². The Morgan fingerprint density at radius 1 is 1.28 bits per heavy atom. The van der Waals surface area contributed by atoms with Crippen LogP contribution in [0.2, 0.25) is 0 Å². The van der Waals surface area contributed by atoms with Crippen molar-refractivity contribution >= 4 is 6.09 Å². The van der Waals surface area contributed by atoms with Crippen LogP contribution in [0.5, 0.6) is 0 Å². The van der Waals surface area contributed by atoms with Gasteiger partial charge in [0, 0.05) is 0 Å². The molecule has 1 aromatic heterocycles. The topological polar surface area (TPSA) is 107 Å². The van der Waals surface area contributed by atoms with E-state index in [2.05, 4.69) is 10.4 Å². The van der Waals surface area contributed by atoms with E-state index in [-0.39, 0.29) is 17.7 Å². The molecule has 0 aromatic carbocycles. The third-order valence-corrected chi connectivity index (χ3v) is 3.22. The molecule has 0 aliphatic rings. The first-order valence-corrected chi connectivity index (χ1v) is 8.64. The predicted octanol–water partition coefficient (Wildman–Crippen LogP) is 2.47. The van der Waals surface area contributed by atoms with Crippen molar-refractivity contribution in [3.8, 4) is 0 Å². The maximum atomic E-state index is 12.0. The average molecular weight is 357 g/mol. The Morgan fingerprint density at radius 3 is 2.36 bits per heavy atom. The highest BCUT2D eigenvalue weighted by atomic mass is 16.6. The fourth-order valence-corrected chi connectivity index (χ4v) is 2.31. The molecule has 1 aromatic rings. The molecule has 0 radical (unpaired) electrons. The average Bonchev–Trinajstić information content (AvgIpc) is 2.75. The van der Waals surface area contributed by atoms with E-state index in [0.29, 0.717) is 13.0 Å². The van der Waals surface area contributed by atoms with Gasteiger partial charge in [-0.3, -0.25) is 0 Å². The van der Waals surface area contributed by atoms with Crippen molar-refractivity contribution in [2.24, 2.45) is 11.8 Å². The van der Waals surface area contributed by atoms with Crippen LogP contribution in [0.1, 0.15) is 66.9 Å². The lowest BCUT2D eigenvalue weighted by Gasteiger charge is -2.26. The van der Waals surface area contributed by atoms with Gasteiger partial charge in [-0.2, -0.15) is 4.68 Å². The summed E-state index contributed by atoms with van der Waals surface area (Å²) < 4.78 is 11.5. The molecule has 2 atom stereocenters. The number of aliphatic hydroxyl groups is 1. The van der Waals surface area contributed by atoms with Crippen LogP contribution in [-0.2, 0) is 11.3 Å². The predicted molar refractivity (Wildman–Crippen MR) is 93.2 cm³/mol. The van der Waals surface area contributed by atoms with Crippen LogP contribution in [0.4, 0.5) is 4.79 Å². The molecule has 1 amide bonds. The Labute approximate surface area is 148 Å². The Kier molecular flexibility index (Phi) is 7.22. The third-order valence-electron chi connectivity index (χ3n) is 3.22. The van der Waals surface area contributed by atoms with Crippen LogP contribution in [0.3, 0.4) is 0 Å². The standard InChI is InChI=1S/C17H31N3O5/c1-10(2)8-12(18-15(22)25-17(5,6)7)13(21)14-19-20(9-11(3)4)16(23)24-14/h10-13,21H,8-9H2,1-7H3,(H,18,22)/t12-,13?/m0/s1. The van der Waals surface area contributed by atoms with Gasteiger partial charge >= 0.3 is 11.8 Å². The molecule has 0 aliphatic heterocycles. The summed E-state index contributed by atoms with van der Waals surface area (Å²) in [5.74, 6) is -0.325. The lowest BCUT2D eigenvalue weighted by molar-refractivity contribution is 0.0362. The molecule has 8 nitrogen and oxygen atoms in total. The number of rotatable bonds is 7. The summed E-state index contributed by atoms with van der Waals surface area (Å²) in [6, 6.07) is -0.680. The quantitative estimate of drug-likeness (QED) is 0.776. The highest BCUT2D eigenvalue weighted by Crippen LogP contribution is 2.20. The molecular formula is C17H31N3O5. The molecule has 0 aliphatic carbocycles. The minimum Gasteiger partial charge on any atom is -0.444 e. The van der Waals surface area contributed by atoms with E-state index in [4.69, 9.17) is 9.15 Å². The van der Waals surface area contributed by atoms with Crippen LogP contribution < -0.4 is 11.1 Å². The fourth-order valence-electron chi connectivity index (χ4n) is 2.31. The Morgan fingerprint density at radius 2 is 1.88 bits per heavy atom. The molecule has 0 bridgehead atoms. The zero-order valence-corrected chi connectivity index (χ0v) is 16.2. The highest BCUT2D eigenvalue weighted by Gasteiger charge is 2.30. The molecule has 0 spiro atoms. The number of alkyl carbamates (subject to hydrolysis) is 1. The lowest BCUT2D eigenvalue weighted by atomic mass is 9.99. The van der Waals surface area contributed by atoms with Crippen molar-refractivity contribution in [2.75, 3.05) is 0 Å². The van der Waals surface area contributed by atoms with Gasteiger partial charge in [0.05, 0.1) is 12.6 Å². The monoisotopic (exact) mass is 357 g/mol. The molecule has 25 heavy (non-hydrogen) atoms. The lowest BCUT2D eigenvalue weighted by Crippen LogP contribution is -2.43. The Hall–Kier alpha value is -1.83. The Bertz CT molecular complexity index is 613. The van der Waals surface area contributed by atoms with Crippen LogP contribution >= 0.6 is 0 Å². The number of ether oxygens (including phenoxy) is 1. The molecule has 2 N–H and O–H groups in total. The molecule has 0 fully saturated rings.